The predicted molar refractivity (Wildman–Crippen MR) is 122 cm³/mol. The molecule has 0 bridgehead atoms. The van der Waals surface area contributed by atoms with Crippen LogP contribution in [0.4, 0.5) is 5.95 Å². The van der Waals surface area contributed by atoms with Crippen molar-refractivity contribution in [3.8, 4) is 18.0 Å². The van der Waals surface area contributed by atoms with Gasteiger partial charge in [-0.15, -0.1) is 12.3 Å². The second kappa shape index (κ2) is 8.26. The summed E-state index contributed by atoms with van der Waals surface area (Å²) in [5, 5.41) is 8.00. The molecule has 156 valence electrons. The molecular weight excluding hydrogens is 386 g/mol. The van der Waals surface area contributed by atoms with Crippen LogP contribution in [0.25, 0.3) is 16.7 Å². The molecular formula is C24H25N7. The molecule has 0 radical (unpaired) electrons. The Kier molecular flexibility index (Phi) is 5.16. The Morgan fingerprint density at radius 2 is 1.84 bits per heavy atom. The summed E-state index contributed by atoms with van der Waals surface area (Å²) in [7, 11) is 0. The molecule has 2 aromatic carbocycles. The third-order valence-corrected chi connectivity index (χ3v) is 5.70. The number of imidazole rings is 1. The van der Waals surface area contributed by atoms with E-state index in [0.717, 1.165) is 54.0 Å². The Morgan fingerprint density at radius 3 is 2.65 bits per heavy atom. The molecule has 1 aliphatic heterocycles. The minimum atomic E-state index is -0.0637. The number of hydrazine groups is 1. The highest BCUT2D eigenvalue weighted by molar-refractivity contribution is 5.78. The third kappa shape index (κ3) is 4.17. The summed E-state index contributed by atoms with van der Waals surface area (Å²) in [4.78, 5) is 4.83. The fourth-order valence-corrected chi connectivity index (χ4v) is 3.84. The normalized spacial score (nSPS) is 14.4. The summed E-state index contributed by atoms with van der Waals surface area (Å²) in [6.45, 7) is 1.48. The van der Waals surface area contributed by atoms with Gasteiger partial charge in [-0.3, -0.25) is 0 Å². The van der Waals surface area contributed by atoms with Crippen LogP contribution < -0.4 is 16.2 Å². The van der Waals surface area contributed by atoms with Crippen LogP contribution in [0.2, 0.25) is 0 Å². The zero-order valence-electron chi connectivity index (χ0n) is 17.3. The van der Waals surface area contributed by atoms with Crippen molar-refractivity contribution in [2.24, 2.45) is 0 Å². The molecule has 7 nitrogen and oxygen atoms in total. The number of para-hydroxylation sites is 3. The van der Waals surface area contributed by atoms with Gasteiger partial charge in [0.2, 0.25) is 5.95 Å². The SMILES string of the molecule is C#CCCC1(CCn2c(NCc3cnn(-c4ccccc4)c3)nc3ccccc32)NN1. The van der Waals surface area contributed by atoms with E-state index in [1.807, 2.05) is 59.5 Å². The van der Waals surface area contributed by atoms with Gasteiger partial charge in [-0.2, -0.15) is 5.10 Å². The maximum atomic E-state index is 5.45. The fourth-order valence-electron chi connectivity index (χ4n) is 3.84. The highest BCUT2D eigenvalue weighted by Crippen LogP contribution is 2.26. The number of hydrogen-bond donors (Lipinski definition) is 3. The average Bonchev–Trinajstić information content (AvgIpc) is 3.27. The van der Waals surface area contributed by atoms with Gasteiger partial charge < -0.3 is 9.88 Å². The molecule has 0 aliphatic carbocycles. The first kappa shape index (κ1) is 19.4. The van der Waals surface area contributed by atoms with E-state index >= 15 is 0 Å². The molecule has 0 spiro atoms. The topological polar surface area (TPSA) is 91.5 Å². The number of benzene rings is 2. The van der Waals surface area contributed by atoms with Gasteiger partial charge in [0.05, 0.1) is 28.6 Å². The van der Waals surface area contributed by atoms with Crippen LogP contribution in [0.5, 0.6) is 0 Å². The molecule has 4 aromatic rings. The van der Waals surface area contributed by atoms with Crippen LogP contribution in [-0.2, 0) is 13.1 Å². The summed E-state index contributed by atoms with van der Waals surface area (Å²) in [5.41, 5.74) is 10.7. The minimum Gasteiger partial charge on any atom is -0.351 e. The largest absolute Gasteiger partial charge is 0.351 e. The predicted octanol–water partition coefficient (Wildman–Crippen LogP) is 3.44. The molecule has 0 atom stereocenters. The molecule has 0 amide bonds. The molecule has 7 heteroatoms. The second-order valence-electron chi connectivity index (χ2n) is 7.84. The Balaban J connectivity index is 1.32. The molecule has 1 fully saturated rings. The first-order chi connectivity index (χ1) is 15.3. The number of nitrogens with one attached hydrogen (secondary N) is 3. The van der Waals surface area contributed by atoms with E-state index in [1.54, 1.807) is 0 Å². The van der Waals surface area contributed by atoms with Crippen molar-refractivity contribution in [2.45, 2.75) is 38.0 Å². The summed E-state index contributed by atoms with van der Waals surface area (Å²) >= 11 is 0. The number of aryl methyl sites for hydroxylation is 1. The Bertz CT molecular complexity index is 1210. The maximum absolute atomic E-state index is 5.45. The molecule has 3 heterocycles. The number of aromatic nitrogens is 4. The summed E-state index contributed by atoms with van der Waals surface area (Å²) in [6.07, 6.45) is 12.0. The van der Waals surface area contributed by atoms with Crippen molar-refractivity contribution in [2.75, 3.05) is 5.32 Å². The van der Waals surface area contributed by atoms with Crippen LogP contribution in [0.15, 0.2) is 67.0 Å². The summed E-state index contributed by atoms with van der Waals surface area (Å²) in [5.74, 6) is 3.59. The quantitative estimate of drug-likeness (QED) is 0.290. The summed E-state index contributed by atoms with van der Waals surface area (Å²) < 4.78 is 4.13. The lowest BCUT2D eigenvalue weighted by Gasteiger charge is -2.14. The van der Waals surface area contributed by atoms with Crippen molar-refractivity contribution in [3.05, 3.63) is 72.6 Å². The van der Waals surface area contributed by atoms with Gasteiger partial charge in [0.25, 0.3) is 0 Å². The van der Waals surface area contributed by atoms with Gasteiger partial charge in [-0.1, -0.05) is 30.3 Å². The highest BCUT2D eigenvalue weighted by Gasteiger charge is 2.40. The molecule has 0 saturated carbocycles. The lowest BCUT2D eigenvalue weighted by Crippen LogP contribution is -2.21. The van der Waals surface area contributed by atoms with E-state index in [2.05, 4.69) is 43.9 Å². The van der Waals surface area contributed by atoms with E-state index in [1.165, 1.54) is 0 Å². The maximum Gasteiger partial charge on any atom is 0.204 e. The lowest BCUT2D eigenvalue weighted by atomic mass is 10.1. The van der Waals surface area contributed by atoms with Gasteiger partial charge >= 0.3 is 0 Å². The molecule has 0 unspecified atom stereocenters. The monoisotopic (exact) mass is 411 g/mol. The summed E-state index contributed by atoms with van der Waals surface area (Å²) in [6, 6.07) is 18.3. The Morgan fingerprint density at radius 1 is 1.03 bits per heavy atom. The number of fused-ring (bicyclic) bond motifs is 1. The third-order valence-electron chi connectivity index (χ3n) is 5.70. The van der Waals surface area contributed by atoms with Crippen molar-refractivity contribution < 1.29 is 0 Å². The fraction of sp³-hybridized carbons (Fsp3) is 0.250. The molecule has 1 aliphatic rings. The molecule has 5 rings (SSSR count). The number of rotatable bonds is 9. The van der Waals surface area contributed by atoms with E-state index < -0.39 is 0 Å². The first-order valence-corrected chi connectivity index (χ1v) is 10.5. The number of hydrogen-bond acceptors (Lipinski definition) is 5. The first-order valence-electron chi connectivity index (χ1n) is 10.5. The van der Waals surface area contributed by atoms with E-state index in [9.17, 15) is 0 Å². The average molecular weight is 412 g/mol. The van der Waals surface area contributed by atoms with Crippen molar-refractivity contribution in [1.29, 1.82) is 0 Å². The molecule has 3 N–H and O–H groups in total. The van der Waals surface area contributed by atoms with Gasteiger partial charge in [-0.25, -0.2) is 20.5 Å². The van der Waals surface area contributed by atoms with Gasteiger partial charge in [-0.05, 0) is 37.1 Å². The molecule has 2 aromatic heterocycles. The van der Waals surface area contributed by atoms with E-state index in [4.69, 9.17) is 11.4 Å². The zero-order valence-corrected chi connectivity index (χ0v) is 17.3. The Labute approximate surface area is 181 Å². The van der Waals surface area contributed by atoms with Gasteiger partial charge in [0.15, 0.2) is 0 Å². The van der Waals surface area contributed by atoms with E-state index in [-0.39, 0.29) is 5.66 Å². The van der Waals surface area contributed by atoms with Crippen LogP contribution in [0, 0.1) is 12.3 Å². The van der Waals surface area contributed by atoms with Crippen molar-refractivity contribution in [3.63, 3.8) is 0 Å². The number of nitrogens with zero attached hydrogens (tertiary/aromatic N) is 4. The van der Waals surface area contributed by atoms with Crippen molar-refractivity contribution in [1.82, 2.24) is 30.2 Å². The molecule has 31 heavy (non-hydrogen) atoms. The van der Waals surface area contributed by atoms with Crippen LogP contribution in [0.3, 0.4) is 0 Å². The standard InChI is InChI=1S/C24H25N7/c1-2-3-13-24(28-29-24)14-15-30-22-12-8-7-11-21(22)27-23(30)25-16-19-17-26-31(18-19)20-9-5-4-6-10-20/h1,4-12,17-18,28-29H,3,13-16H2,(H,25,27). The van der Waals surface area contributed by atoms with Crippen LogP contribution in [0.1, 0.15) is 24.8 Å². The zero-order chi connectivity index (χ0) is 21.1. The van der Waals surface area contributed by atoms with E-state index in [0.29, 0.717) is 6.54 Å². The minimum absolute atomic E-state index is 0.0637. The Hall–Kier alpha value is -3.60. The smallest absolute Gasteiger partial charge is 0.204 e. The number of terminal acetylenes is 1. The number of anilines is 1. The molecule has 1 saturated heterocycles. The van der Waals surface area contributed by atoms with Crippen LogP contribution in [-0.4, -0.2) is 25.0 Å². The van der Waals surface area contributed by atoms with Gasteiger partial charge in [0, 0.05) is 31.3 Å². The highest BCUT2D eigenvalue weighted by atomic mass is 15.7. The lowest BCUT2D eigenvalue weighted by molar-refractivity contribution is 0.478. The van der Waals surface area contributed by atoms with Gasteiger partial charge in [0.1, 0.15) is 0 Å². The second-order valence-corrected chi connectivity index (χ2v) is 7.84. The van der Waals surface area contributed by atoms with Crippen LogP contribution >= 0.6 is 0 Å². The van der Waals surface area contributed by atoms with Crippen molar-refractivity contribution >= 4 is 17.0 Å².